The van der Waals surface area contributed by atoms with Crippen LogP contribution in [0.1, 0.15) is 25.7 Å². The fourth-order valence-electron chi connectivity index (χ4n) is 1.24. The van der Waals surface area contributed by atoms with E-state index in [4.69, 9.17) is 21.7 Å². The zero-order chi connectivity index (χ0) is 14.1. The number of amides is 1. The van der Waals surface area contributed by atoms with Crippen LogP contribution >= 0.6 is 0 Å². The average Bonchev–Trinajstić information content (AvgIpc) is 2.26. The van der Waals surface area contributed by atoms with Crippen molar-refractivity contribution in [3.8, 4) is 0 Å². The fourth-order valence-corrected chi connectivity index (χ4v) is 1.24. The molecule has 0 aliphatic rings. The van der Waals surface area contributed by atoms with Gasteiger partial charge >= 0.3 is 11.9 Å². The molecule has 7 N–H and O–H groups in total. The highest BCUT2D eigenvalue weighted by Gasteiger charge is 2.16. The van der Waals surface area contributed by atoms with Gasteiger partial charge in [-0.1, -0.05) is 0 Å². The van der Waals surface area contributed by atoms with Crippen LogP contribution < -0.4 is 16.8 Å². The Balaban J connectivity index is 3.63. The summed E-state index contributed by atoms with van der Waals surface area (Å²) in [6.45, 7) is 0.318. The zero-order valence-corrected chi connectivity index (χ0v) is 9.96. The van der Waals surface area contributed by atoms with Crippen LogP contribution in [0.2, 0.25) is 0 Å². The molecule has 0 fully saturated rings. The second-order valence-electron chi connectivity index (χ2n) is 3.94. The molecule has 1 unspecified atom stereocenters. The number of nitrogens with one attached hydrogen (secondary N) is 1. The molecule has 8 heteroatoms. The smallest absolute Gasteiger partial charge is 0.320 e. The van der Waals surface area contributed by atoms with E-state index in [0.717, 1.165) is 0 Å². The second-order valence-corrected chi connectivity index (χ2v) is 3.94. The van der Waals surface area contributed by atoms with Crippen LogP contribution in [-0.2, 0) is 14.4 Å². The lowest BCUT2D eigenvalue weighted by Crippen LogP contribution is -2.42. The standard InChI is InChI=1S/C10H19N3O5/c11-6(10(17)18)3-1-2-4-13-9(16)7(12)5-8(14)15/h6-7H,1-5,11-12H2,(H,13,16)(H,14,15)(H,17,18)/t6-,7?/m0/s1. The molecular weight excluding hydrogens is 242 g/mol. The van der Waals surface area contributed by atoms with Crippen LogP contribution in [0.3, 0.4) is 0 Å². The minimum absolute atomic E-state index is 0.318. The number of carboxylic acid groups (broad SMARTS) is 2. The molecule has 0 aliphatic heterocycles. The maximum Gasteiger partial charge on any atom is 0.320 e. The van der Waals surface area contributed by atoms with Crippen molar-refractivity contribution in [1.82, 2.24) is 5.32 Å². The topological polar surface area (TPSA) is 156 Å². The molecule has 0 saturated heterocycles. The first kappa shape index (κ1) is 16.3. The van der Waals surface area contributed by atoms with E-state index in [9.17, 15) is 14.4 Å². The van der Waals surface area contributed by atoms with Crippen molar-refractivity contribution in [2.24, 2.45) is 11.5 Å². The highest BCUT2D eigenvalue weighted by molar-refractivity contribution is 5.85. The lowest BCUT2D eigenvalue weighted by atomic mass is 10.1. The lowest BCUT2D eigenvalue weighted by Gasteiger charge is -2.10. The van der Waals surface area contributed by atoms with Crippen molar-refractivity contribution in [2.75, 3.05) is 6.54 Å². The number of hydrogen-bond acceptors (Lipinski definition) is 5. The third-order valence-corrected chi connectivity index (χ3v) is 2.29. The summed E-state index contributed by atoms with van der Waals surface area (Å²) in [6.07, 6.45) is 1.02. The van der Waals surface area contributed by atoms with Crippen molar-refractivity contribution >= 4 is 17.8 Å². The Morgan fingerprint density at radius 2 is 1.67 bits per heavy atom. The molecule has 18 heavy (non-hydrogen) atoms. The third-order valence-electron chi connectivity index (χ3n) is 2.29. The van der Waals surface area contributed by atoms with E-state index in [1.165, 1.54) is 0 Å². The monoisotopic (exact) mass is 261 g/mol. The summed E-state index contributed by atoms with van der Waals surface area (Å²) in [7, 11) is 0. The van der Waals surface area contributed by atoms with Gasteiger partial charge in [0.05, 0.1) is 12.5 Å². The van der Waals surface area contributed by atoms with Crippen LogP contribution in [0.4, 0.5) is 0 Å². The summed E-state index contributed by atoms with van der Waals surface area (Å²) < 4.78 is 0. The van der Waals surface area contributed by atoms with Crippen molar-refractivity contribution in [1.29, 1.82) is 0 Å². The fraction of sp³-hybridized carbons (Fsp3) is 0.700. The van der Waals surface area contributed by atoms with Gasteiger partial charge in [-0.15, -0.1) is 0 Å². The van der Waals surface area contributed by atoms with Crippen molar-refractivity contribution in [3.63, 3.8) is 0 Å². The van der Waals surface area contributed by atoms with Gasteiger partial charge in [-0.05, 0) is 19.3 Å². The normalized spacial score (nSPS) is 13.7. The van der Waals surface area contributed by atoms with Crippen LogP contribution in [0, 0.1) is 0 Å². The van der Waals surface area contributed by atoms with Gasteiger partial charge in [-0.3, -0.25) is 14.4 Å². The molecule has 104 valence electrons. The summed E-state index contributed by atoms with van der Waals surface area (Å²) >= 11 is 0. The maximum atomic E-state index is 11.3. The molecule has 1 amide bonds. The average molecular weight is 261 g/mol. The summed E-state index contributed by atoms with van der Waals surface area (Å²) in [5.74, 6) is -2.72. The molecule has 0 aromatic carbocycles. The number of rotatable bonds is 9. The van der Waals surface area contributed by atoms with Crippen molar-refractivity contribution in [2.45, 2.75) is 37.8 Å². The highest BCUT2D eigenvalue weighted by atomic mass is 16.4. The zero-order valence-electron chi connectivity index (χ0n) is 9.96. The van der Waals surface area contributed by atoms with E-state index in [0.29, 0.717) is 25.8 Å². The largest absolute Gasteiger partial charge is 0.481 e. The molecule has 0 spiro atoms. The van der Waals surface area contributed by atoms with Gasteiger partial charge in [-0.2, -0.15) is 0 Å². The summed E-state index contributed by atoms with van der Waals surface area (Å²) in [4.78, 5) is 32.0. The van der Waals surface area contributed by atoms with Gasteiger partial charge in [0.1, 0.15) is 6.04 Å². The first-order chi connectivity index (χ1) is 8.34. The second kappa shape index (κ2) is 8.43. The van der Waals surface area contributed by atoms with Gasteiger partial charge in [0.2, 0.25) is 5.91 Å². The van der Waals surface area contributed by atoms with Gasteiger partial charge in [0, 0.05) is 6.54 Å². The molecule has 0 rings (SSSR count). The Bertz CT molecular complexity index is 308. The van der Waals surface area contributed by atoms with Crippen LogP contribution in [-0.4, -0.2) is 46.7 Å². The van der Waals surface area contributed by atoms with Crippen LogP contribution in [0.25, 0.3) is 0 Å². The van der Waals surface area contributed by atoms with Gasteiger partial charge in [-0.25, -0.2) is 0 Å². The number of nitrogens with two attached hydrogens (primary N) is 2. The van der Waals surface area contributed by atoms with E-state index in [-0.39, 0.29) is 0 Å². The molecular formula is C10H19N3O5. The number of unbranched alkanes of at least 4 members (excludes halogenated alkanes) is 1. The number of aliphatic carboxylic acids is 2. The molecule has 0 aliphatic carbocycles. The first-order valence-corrected chi connectivity index (χ1v) is 5.58. The van der Waals surface area contributed by atoms with Crippen molar-refractivity contribution in [3.05, 3.63) is 0 Å². The molecule has 2 atom stereocenters. The quantitative estimate of drug-likeness (QED) is 0.316. The minimum Gasteiger partial charge on any atom is -0.481 e. The van der Waals surface area contributed by atoms with Gasteiger partial charge < -0.3 is 27.0 Å². The predicted octanol–water partition coefficient (Wildman–Crippen LogP) is -1.51. The van der Waals surface area contributed by atoms with Crippen LogP contribution in [0.15, 0.2) is 0 Å². The molecule has 0 saturated carbocycles. The molecule has 8 nitrogen and oxygen atoms in total. The summed E-state index contributed by atoms with van der Waals surface area (Å²) in [5, 5.41) is 19.4. The van der Waals surface area contributed by atoms with E-state index in [2.05, 4.69) is 5.32 Å². The van der Waals surface area contributed by atoms with Crippen molar-refractivity contribution < 1.29 is 24.6 Å². The molecule has 0 radical (unpaired) electrons. The number of carbonyl (C=O) groups excluding carboxylic acids is 1. The molecule has 0 aromatic rings. The van der Waals surface area contributed by atoms with Gasteiger partial charge in [0.25, 0.3) is 0 Å². The lowest BCUT2D eigenvalue weighted by molar-refractivity contribution is -0.139. The Kier molecular flexibility index (Phi) is 7.64. The number of hydrogen-bond donors (Lipinski definition) is 5. The molecule has 0 heterocycles. The molecule has 0 bridgehead atoms. The Labute approximate surface area is 104 Å². The first-order valence-electron chi connectivity index (χ1n) is 5.58. The van der Waals surface area contributed by atoms with E-state index >= 15 is 0 Å². The Hall–Kier alpha value is -1.67. The molecule has 0 aromatic heterocycles. The predicted molar refractivity (Wildman–Crippen MR) is 62.7 cm³/mol. The number of carboxylic acids is 2. The van der Waals surface area contributed by atoms with Gasteiger partial charge in [0.15, 0.2) is 0 Å². The Morgan fingerprint density at radius 3 is 2.17 bits per heavy atom. The summed E-state index contributed by atoms with van der Waals surface area (Å²) in [6, 6.07) is -1.96. The van der Waals surface area contributed by atoms with E-state index in [1.54, 1.807) is 0 Å². The number of carbonyl (C=O) groups is 3. The minimum atomic E-state index is -1.13. The van der Waals surface area contributed by atoms with E-state index < -0.39 is 36.4 Å². The third kappa shape index (κ3) is 7.58. The Morgan fingerprint density at radius 1 is 1.06 bits per heavy atom. The van der Waals surface area contributed by atoms with Crippen LogP contribution in [0.5, 0.6) is 0 Å². The summed E-state index contributed by atoms with van der Waals surface area (Å²) in [5.41, 5.74) is 10.6. The SMILES string of the molecule is NC(CC(=O)O)C(=O)NCCCC[C@H](N)C(=O)O. The highest BCUT2D eigenvalue weighted by Crippen LogP contribution is 1.98. The van der Waals surface area contributed by atoms with E-state index in [1.807, 2.05) is 0 Å². The maximum absolute atomic E-state index is 11.3.